The first-order valence-electron chi connectivity index (χ1n) is 6.61. The summed E-state index contributed by atoms with van der Waals surface area (Å²) in [5, 5.41) is 12.8. The molecular formula is C11H12F3N3O5S. The number of fused-ring (bicyclic) bond motifs is 2. The maximum absolute atomic E-state index is 12.3. The van der Waals surface area contributed by atoms with Gasteiger partial charge in [-0.05, 0) is 12.8 Å². The molecule has 0 radical (unpaired) electrons. The topological polar surface area (TPSA) is 102 Å². The Bertz CT molecular complexity index is 759. The van der Waals surface area contributed by atoms with Crippen molar-refractivity contribution in [3.05, 3.63) is 11.8 Å². The molecule has 0 aliphatic carbocycles. The van der Waals surface area contributed by atoms with Crippen LogP contribution in [0, 0.1) is 0 Å². The van der Waals surface area contributed by atoms with Crippen molar-refractivity contribution < 1.29 is 35.7 Å². The number of aromatic nitrogens is 2. The number of rotatable bonds is 2. The molecule has 1 fully saturated rings. The summed E-state index contributed by atoms with van der Waals surface area (Å²) < 4.78 is 64.4. The Morgan fingerprint density at radius 3 is 2.57 bits per heavy atom. The fraction of sp³-hybridized carbons (Fsp3) is 0.636. The standard InChI is InChI=1S/C11H12F3N3O5S/c12-11(13,14)23(20,21)22-8-5-7-10(2-4-17(7)15-8)1-3-16(6-10)9(18)19/h5H,1-4,6H2,(H,18,19)/t10-/m1/s1. The Balaban J connectivity index is 1.86. The largest absolute Gasteiger partial charge is 0.534 e. The molecule has 2 aliphatic heterocycles. The molecule has 0 aromatic carbocycles. The van der Waals surface area contributed by atoms with Crippen molar-refractivity contribution >= 4 is 16.2 Å². The summed E-state index contributed by atoms with van der Waals surface area (Å²) in [4.78, 5) is 12.2. The van der Waals surface area contributed by atoms with Crippen LogP contribution < -0.4 is 4.18 Å². The molecule has 1 saturated heterocycles. The van der Waals surface area contributed by atoms with Crippen molar-refractivity contribution in [3.63, 3.8) is 0 Å². The average Bonchev–Trinajstić information content (AvgIpc) is 3.06. The van der Waals surface area contributed by atoms with Crippen LogP contribution in [0.5, 0.6) is 5.88 Å². The number of nitrogens with zero attached hydrogens (tertiary/aromatic N) is 3. The van der Waals surface area contributed by atoms with Crippen LogP contribution in [0.2, 0.25) is 0 Å². The van der Waals surface area contributed by atoms with E-state index >= 15 is 0 Å². The molecule has 23 heavy (non-hydrogen) atoms. The minimum absolute atomic E-state index is 0.194. The van der Waals surface area contributed by atoms with Gasteiger partial charge in [0.05, 0.1) is 5.69 Å². The molecule has 1 spiro atoms. The third-order valence-electron chi connectivity index (χ3n) is 4.21. The van der Waals surface area contributed by atoms with Gasteiger partial charge in [0.1, 0.15) is 0 Å². The number of hydrogen-bond acceptors (Lipinski definition) is 5. The maximum atomic E-state index is 12.3. The zero-order valence-corrected chi connectivity index (χ0v) is 12.4. The number of likely N-dealkylation sites (tertiary alicyclic amines) is 1. The van der Waals surface area contributed by atoms with Gasteiger partial charge >= 0.3 is 21.7 Å². The fourth-order valence-electron chi connectivity index (χ4n) is 3.09. The number of aryl methyl sites for hydroxylation is 1. The first-order valence-corrected chi connectivity index (χ1v) is 8.02. The van der Waals surface area contributed by atoms with Gasteiger partial charge in [0.15, 0.2) is 0 Å². The lowest BCUT2D eigenvalue weighted by atomic mass is 9.83. The summed E-state index contributed by atoms with van der Waals surface area (Å²) in [5.74, 6) is -0.662. The van der Waals surface area contributed by atoms with Crippen LogP contribution in [-0.4, -0.2) is 52.9 Å². The molecule has 3 heterocycles. The van der Waals surface area contributed by atoms with Crippen molar-refractivity contribution in [2.45, 2.75) is 30.3 Å². The molecule has 0 bridgehead atoms. The average molecular weight is 355 g/mol. The maximum Gasteiger partial charge on any atom is 0.534 e. The van der Waals surface area contributed by atoms with Gasteiger partial charge in [0.25, 0.3) is 5.88 Å². The van der Waals surface area contributed by atoms with Crippen molar-refractivity contribution in [3.8, 4) is 5.88 Å². The highest BCUT2D eigenvalue weighted by Crippen LogP contribution is 2.44. The second kappa shape index (κ2) is 4.76. The van der Waals surface area contributed by atoms with Crippen molar-refractivity contribution in [2.75, 3.05) is 13.1 Å². The SMILES string of the molecule is O=C(O)N1CC[C@@]2(CCn3nc(OS(=O)(=O)C(F)(F)F)cc32)C1. The highest BCUT2D eigenvalue weighted by atomic mass is 32.2. The lowest BCUT2D eigenvalue weighted by Crippen LogP contribution is -2.32. The van der Waals surface area contributed by atoms with Gasteiger partial charge in [-0.25, -0.2) is 4.79 Å². The first kappa shape index (κ1) is 15.9. The van der Waals surface area contributed by atoms with Crippen LogP contribution >= 0.6 is 0 Å². The molecule has 128 valence electrons. The lowest BCUT2D eigenvalue weighted by molar-refractivity contribution is -0.0501. The van der Waals surface area contributed by atoms with E-state index in [4.69, 9.17) is 5.11 Å². The predicted octanol–water partition coefficient (Wildman–Crippen LogP) is 1.14. The Morgan fingerprint density at radius 2 is 2.00 bits per heavy atom. The van der Waals surface area contributed by atoms with Gasteiger partial charge in [0.2, 0.25) is 0 Å². The zero-order chi connectivity index (χ0) is 17.0. The third-order valence-corrected chi connectivity index (χ3v) is 5.16. The Hall–Kier alpha value is -1.98. The van der Waals surface area contributed by atoms with Crippen LogP contribution in [0.15, 0.2) is 6.07 Å². The predicted molar refractivity (Wildman–Crippen MR) is 68.3 cm³/mol. The zero-order valence-electron chi connectivity index (χ0n) is 11.6. The van der Waals surface area contributed by atoms with Crippen molar-refractivity contribution in [1.29, 1.82) is 0 Å². The van der Waals surface area contributed by atoms with Crippen LogP contribution in [0.25, 0.3) is 0 Å². The number of amides is 1. The van der Waals surface area contributed by atoms with Crippen LogP contribution in [0.4, 0.5) is 18.0 Å². The Labute approximate surface area is 128 Å². The Kier molecular flexibility index (Phi) is 3.29. The van der Waals surface area contributed by atoms with E-state index < -0.39 is 33.0 Å². The summed E-state index contributed by atoms with van der Waals surface area (Å²) in [7, 11) is -5.78. The summed E-state index contributed by atoms with van der Waals surface area (Å²) in [5.41, 5.74) is -5.60. The summed E-state index contributed by atoms with van der Waals surface area (Å²) >= 11 is 0. The van der Waals surface area contributed by atoms with Crippen LogP contribution in [-0.2, 0) is 22.1 Å². The molecule has 1 aromatic heterocycles. The van der Waals surface area contributed by atoms with Crippen molar-refractivity contribution in [1.82, 2.24) is 14.7 Å². The quantitative estimate of drug-likeness (QED) is 0.630. The minimum Gasteiger partial charge on any atom is -0.465 e. The van der Waals surface area contributed by atoms with E-state index in [0.29, 0.717) is 31.6 Å². The van der Waals surface area contributed by atoms with E-state index in [1.807, 2.05) is 0 Å². The van der Waals surface area contributed by atoms with Gasteiger partial charge in [0, 0.05) is 31.1 Å². The van der Waals surface area contributed by atoms with E-state index in [1.54, 1.807) is 0 Å². The van der Waals surface area contributed by atoms with Gasteiger partial charge in [-0.2, -0.15) is 21.6 Å². The second-order valence-electron chi connectivity index (χ2n) is 5.56. The van der Waals surface area contributed by atoms with Crippen LogP contribution in [0.3, 0.4) is 0 Å². The molecule has 1 aromatic rings. The second-order valence-corrected chi connectivity index (χ2v) is 7.10. The molecule has 1 amide bonds. The number of halogens is 3. The summed E-state index contributed by atoms with van der Waals surface area (Å²) in [6.07, 6.45) is 0.0120. The summed E-state index contributed by atoms with van der Waals surface area (Å²) in [6, 6.07) is 1.14. The van der Waals surface area contributed by atoms with E-state index in [0.717, 1.165) is 6.07 Å². The van der Waals surface area contributed by atoms with Gasteiger partial charge in [-0.15, -0.1) is 5.10 Å². The summed E-state index contributed by atoms with van der Waals surface area (Å²) in [6.45, 7) is 0.856. The van der Waals surface area contributed by atoms with Gasteiger partial charge in [-0.3, -0.25) is 4.68 Å². The molecule has 2 aliphatic rings. The number of carboxylic acid groups (broad SMARTS) is 1. The molecule has 0 saturated carbocycles. The highest BCUT2D eigenvalue weighted by Gasteiger charge is 2.50. The van der Waals surface area contributed by atoms with E-state index in [2.05, 4.69) is 9.28 Å². The Morgan fingerprint density at radius 1 is 1.35 bits per heavy atom. The molecular weight excluding hydrogens is 343 g/mol. The molecule has 1 N–H and O–H groups in total. The number of alkyl halides is 3. The molecule has 3 rings (SSSR count). The highest BCUT2D eigenvalue weighted by molar-refractivity contribution is 7.87. The molecule has 8 nitrogen and oxygen atoms in total. The van der Waals surface area contributed by atoms with Gasteiger partial charge < -0.3 is 14.2 Å². The van der Waals surface area contributed by atoms with Gasteiger partial charge in [-0.1, -0.05) is 0 Å². The van der Waals surface area contributed by atoms with Crippen LogP contribution in [0.1, 0.15) is 18.5 Å². The molecule has 0 unspecified atom stereocenters. The van der Waals surface area contributed by atoms with Crippen molar-refractivity contribution in [2.24, 2.45) is 0 Å². The molecule has 1 atom stereocenters. The lowest BCUT2D eigenvalue weighted by Gasteiger charge is -2.21. The smallest absolute Gasteiger partial charge is 0.465 e. The fourth-order valence-corrected chi connectivity index (χ4v) is 3.49. The number of carbonyl (C=O) groups is 1. The third kappa shape index (κ3) is 2.50. The number of hydrogen-bond donors (Lipinski definition) is 1. The van der Waals surface area contributed by atoms with E-state index in [1.165, 1.54) is 9.58 Å². The minimum atomic E-state index is -5.78. The van der Waals surface area contributed by atoms with E-state index in [-0.39, 0.29) is 6.54 Å². The molecule has 12 heteroatoms. The first-order chi connectivity index (χ1) is 10.5. The van der Waals surface area contributed by atoms with E-state index in [9.17, 15) is 26.4 Å². The normalized spacial score (nSPS) is 24.2. The monoisotopic (exact) mass is 355 g/mol.